The van der Waals surface area contributed by atoms with Crippen molar-refractivity contribution in [2.75, 3.05) is 19.0 Å². The number of amides is 1. The van der Waals surface area contributed by atoms with Crippen LogP contribution in [0.15, 0.2) is 53.4 Å². The number of unbranched alkanes of at least 4 members (excludes halogenated alkanes) is 1. The van der Waals surface area contributed by atoms with Crippen molar-refractivity contribution in [3.05, 3.63) is 54.1 Å². The molecule has 2 aromatic carbocycles. The summed E-state index contributed by atoms with van der Waals surface area (Å²) in [7, 11) is -1.91. The number of ether oxygens (including phenoxy) is 1. The molecule has 1 amide bonds. The first-order valence-corrected chi connectivity index (χ1v) is 9.89. The number of benzene rings is 2. The molecule has 0 saturated carbocycles. The molecule has 0 fully saturated rings. The molecule has 140 valence electrons. The van der Waals surface area contributed by atoms with Gasteiger partial charge < -0.3 is 10.1 Å². The predicted molar refractivity (Wildman–Crippen MR) is 102 cm³/mol. The molecular formula is C19H24N2O4S. The average Bonchev–Trinajstić information content (AvgIpc) is 2.62. The monoisotopic (exact) mass is 376 g/mol. The molecule has 0 bridgehead atoms. The molecule has 2 N–H and O–H groups in total. The molecule has 0 radical (unpaired) electrons. The fourth-order valence-electron chi connectivity index (χ4n) is 2.46. The Kier molecular flexibility index (Phi) is 7.17. The van der Waals surface area contributed by atoms with Crippen LogP contribution >= 0.6 is 0 Å². The first-order valence-electron chi connectivity index (χ1n) is 8.41. The number of anilines is 1. The number of carbonyl (C=O) groups is 1. The van der Waals surface area contributed by atoms with Crippen molar-refractivity contribution in [2.45, 2.75) is 31.1 Å². The lowest BCUT2D eigenvalue weighted by Crippen LogP contribution is -2.24. The molecule has 26 heavy (non-hydrogen) atoms. The molecule has 0 aliphatic carbocycles. The van der Waals surface area contributed by atoms with Gasteiger partial charge in [0.15, 0.2) is 0 Å². The predicted octanol–water partition coefficient (Wildman–Crippen LogP) is 2.95. The molecule has 0 aliphatic heterocycles. The Hall–Kier alpha value is -2.38. The minimum atomic E-state index is -3.54. The lowest BCUT2D eigenvalue weighted by molar-refractivity contribution is -0.114. The van der Waals surface area contributed by atoms with E-state index < -0.39 is 10.0 Å². The van der Waals surface area contributed by atoms with E-state index in [1.807, 2.05) is 24.3 Å². The highest BCUT2D eigenvalue weighted by molar-refractivity contribution is 7.89. The smallest absolute Gasteiger partial charge is 0.240 e. The number of carbonyl (C=O) groups excluding carboxylic acids is 1. The molecule has 7 heteroatoms. The second-order valence-corrected chi connectivity index (χ2v) is 7.68. The summed E-state index contributed by atoms with van der Waals surface area (Å²) in [4.78, 5) is 11.2. The number of sulfonamides is 1. The van der Waals surface area contributed by atoms with Gasteiger partial charge in [0.1, 0.15) is 5.75 Å². The summed E-state index contributed by atoms with van der Waals surface area (Å²) < 4.78 is 32.2. The van der Waals surface area contributed by atoms with E-state index in [1.54, 1.807) is 19.2 Å². The van der Waals surface area contributed by atoms with Crippen LogP contribution in [0.4, 0.5) is 5.69 Å². The summed E-state index contributed by atoms with van der Waals surface area (Å²) >= 11 is 0. The van der Waals surface area contributed by atoms with E-state index >= 15 is 0 Å². The average molecular weight is 376 g/mol. The molecule has 0 heterocycles. The van der Waals surface area contributed by atoms with Crippen molar-refractivity contribution in [3.63, 3.8) is 0 Å². The zero-order valence-electron chi connectivity index (χ0n) is 15.0. The largest absolute Gasteiger partial charge is 0.497 e. The summed E-state index contributed by atoms with van der Waals surface area (Å²) in [6.07, 6.45) is 2.52. The van der Waals surface area contributed by atoms with Crippen molar-refractivity contribution in [1.29, 1.82) is 0 Å². The summed E-state index contributed by atoms with van der Waals surface area (Å²) in [5, 5.41) is 2.60. The van der Waals surface area contributed by atoms with Gasteiger partial charge in [0.25, 0.3) is 0 Å². The number of hydrogen-bond acceptors (Lipinski definition) is 4. The highest BCUT2D eigenvalue weighted by Gasteiger charge is 2.13. The van der Waals surface area contributed by atoms with E-state index in [9.17, 15) is 13.2 Å². The highest BCUT2D eigenvalue weighted by atomic mass is 32.2. The normalized spacial score (nSPS) is 11.2. The summed E-state index contributed by atoms with van der Waals surface area (Å²) in [5.41, 5.74) is 1.76. The molecule has 2 rings (SSSR count). The van der Waals surface area contributed by atoms with Gasteiger partial charge in [-0.2, -0.15) is 0 Å². The van der Waals surface area contributed by atoms with Crippen molar-refractivity contribution < 1.29 is 17.9 Å². The third-order valence-corrected chi connectivity index (χ3v) is 5.31. The maximum atomic E-state index is 12.3. The van der Waals surface area contributed by atoms with Crippen molar-refractivity contribution in [1.82, 2.24) is 4.72 Å². The van der Waals surface area contributed by atoms with Crippen LogP contribution < -0.4 is 14.8 Å². The second kappa shape index (κ2) is 9.35. The van der Waals surface area contributed by atoms with Gasteiger partial charge in [-0.05, 0) is 61.2 Å². The Morgan fingerprint density at radius 2 is 1.65 bits per heavy atom. The molecule has 0 saturated heterocycles. The first-order chi connectivity index (χ1) is 12.4. The Morgan fingerprint density at radius 3 is 2.23 bits per heavy atom. The van der Waals surface area contributed by atoms with Gasteiger partial charge in [0.2, 0.25) is 15.9 Å². The highest BCUT2D eigenvalue weighted by Crippen LogP contribution is 2.15. The van der Waals surface area contributed by atoms with Crippen LogP contribution in [0.2, 0.25) is 0 Å². The fraction of sp³-hybridized carbons (Fsp3) is 0.316. The van der Waals surface area contributed by atoms with Crippen LogP contribution in [-0.4, -0.2) is 28.0 Å². The van der Waals surface area contributed by atoms with Crippen LogP contribution in [0.25, 0.3) is 0 Å². The number of nitrogens with one attached hydrogen (secondary N) is 2. The zero-order valence-corrected chi connectivity index (χ0v) is 15.8. The quantitative estimate of drug-likeness (QED) is 0.659. The van der Waals surface area contributed by atoms with E-state index in [1.165, 1.54) is 24.6 Å². The van der Waals surface area contributed by atoms with E-state index in [-0.39, 0.29) is 10.8 Å². The second-order valence-electron chi connectivity index (χ2n) is 5.91. The first kappa shape index (κ1) is 19.9. The van der Waals surface area contributed by atoms with Crippen LogP contribution in [0.1, 0.15) is 25.3 Å². The number of methoxy groups -OCH3 is 1. The van der Waals surface area contributed by atoms with Gasteiger partial charge in [-0.25, -0.2) is 13.1 Å². The van der Waals surface area contributed by atoms with Crippen LogP contribution in [0.5, 0.6) is 5.75 Å². The third-order valence-electron chi connectivity index (χ3n) is 3.83. The van der Waals surface area contributed by atoms with Gasteiger partial charge in [-0.15, -0.1) is 0 Å². The SMILES string of the molecule is COc1ccc(CCCCNS(=O)(=O)c2ccc(NC(C)=O)cc2)cc1. The summed E-state index contributed by atoms with van der Waals surface area (Å²) in [6.45, 7) is 1.78. The van der Waals surface area contributed by atoms with Gasteiger partial charge >= 0.3 is 0 Å². The zero-order chi connectivity index (χ0) is 19.0. The van der Waals surface area contributed by atoms with Gasteiger partial charge in [0.05, 0.1) is 12.0 Å². The van der Waals surface area contributed by atoms with E-state index in [2.05, 4.69) is 10.0 Å². The Morgan fingerprint density at radius 1 is 1.00 bits per heavy atom. The van der Waals surface area contributed by atoms with Crippen molar-refractivity contribution in [3.8, 4) is 5.75 Å². The lowest BCUT2D eigenvalue weighted by atomic mass is 10.1. The van der Waals surface area contributed by atoms with Crippen molar-refractivity contribution in [2.24, 2.45) is 0 Å². The van der Waals surface area contributed by atoms with Gasteiger partial charge in [-0.3, -0.25) is 4.79 Å². The Balaban J connectivity index is 1.77. The van der Waals surface area contributed by atoms with Crippen LogP contribution in [0, 0.1) is 0 Å². The molecule has 6 nitrogen and oxygen atoms in total. The van der Waals surface area contributed by atoms with Gasteiger partial charge in [0, 0.05) is 19.2 Å². The number of hydrogen-bond donors (Lipinski definition) is 2. The molecule has 0 aromatic heterocycles. The minimum Gasteiger partial charge on any atom is -0.497 e. The van der Waals surface area contributed by atoms with E-state index in [4.69, 9.17) is 4.74 Å². The molecule has 0 spiro atoms. The Labute approximate surface area is 154 Å². The lowest BCUT2D eigenvalue weighted by Gasteiger charge is -2.08. The summed E-state index contributed by atoms with van der Waals surface area (Å²) in [6, 6.07) is 14.0. The van der Waals surface area contributed by atoms with Crippen molar-refractivity contribution >= 4 is 21.6 Å². The van der Waals surface area contributed by atoms with Crippen LogP contribution in [-0.2, 0) is 21.2 Å². The number of aryl methyl sites for hydroxylation is 1. The Bertz CT molecular complexity index is 816. The standard InChI is InChI=1S/C19H24N2O4S/c1-15(22)21-17-8-12-19(13-9-17)26(23,24)20-14-4-3-5-16-6-10-18(25-2)11-7-16/h6-13,20H,3-5,14H2,1-2H3,(H,21,22). The fourth-order valence-corrected chi connectivity index (χ4v) is 3.53. The molecule has 0 aliphatic rings. The van der Waals surface area contributed by atoms with E-state index in [0.717, 1.165) is 25.0 Å². The maximum Gasteiger partial charge on any atom is 0.240 e. The van der Waals surface area contributed by atoms with Crippen LogP contribution in [0.3, 0.4) is 0 Å². The number of rotatable bonds is 9. The molecule has 0 unspecified atom stereocenters. The van der Waals surface area contributed by atoms with E-state index in [0.29, 0.717) is 12.2 Å². The maximum absolute atomic E-state index is 12.3. The third kappa shape index (κ3) is 6.16. The molecule has 0 atom stereocenters. The molecule has 2 aromatic rings. The molecular weight excluding hydrogens is 352 g/mol. The minimum absolute atomic E-state index is 0.182. The van der Waals surface area contributed by atoms with Gasteiger partial charge in [-0.1, -0.05) is 12.1 Å². The summed E-state index contributed by atoms with van der Waals surface area (Å²) in [5.74, 6) is 0.627. The topological polar surface area (TPSA) is 84.5 Å².